The van der Waals surface area contributed by atoms with Gasteiger partial charge >= 0.3 is 11.9 Å². The molecule has 0 unspecified atom stereocenters. The van der Waals surface area contributed by atoms with Gasteiger partial charge in [0.05, 0.1) is 11.8 Å². The lowest BCUT2D eigenvalue weighted by Gasteiger charge is -2.03. The van der Waals surface area contributed by atoms with Crippen LogP contribution in [0.4, 0.5) is 0 Å². The normalized spacial score (nSPS) is 11.4. The summed E-state index contributed by atoms with van der Waals surface area (Å²) in [6.45, 7) is 1.73. The molecule has 5 aromatic rings. The Morgan fingerprint density at radius 3 is 2.61 bits per heavy atom. The first-order chi connectivity index (χ1) is 16.0. The van der Waals surface area contributed by atoms with Gasteiger partial charge < -0.3 is 13.9 Å². The van der Waals surface area contributed by atoms with Gasteiger partial charge in [0, 0.05) is 10.9 Å². The lowest BCUT2D eigenvalue weighted by Crippen LogP contribution is -2.16. The molecule has 7 nitrogen and oxygen atoms in total. The van der Waals surface area contributed by atoms with Crippen LogP contribution in [0.1, 0.15) is 32.2 Å². The minimum atomic E-state index is -0.973. The number of hydrogen-bond donors (Lipinski definition) is 2. The first-order valence-corrected chi connectivity index (χ1v) is 10.2. The Morgan fingerprint density at radius 2 is 1.79 bits per heavy atom. The number of nitrogens with zero attached hydrogens (tertiary/aromatic N) is 1. The van der Waals surface area contributed by atoms with Gasteiger partial charge in [0.15, 0.2) is 5.76 Å². The van der Waals surface area contributed by atoms with E-state index in [0.29, 0.717) is 22.7 Å². The van der Waals surface area contributed by atoms with Crippen LogP contribution in [-0.2, 0) is 0 Å². The van der Waals surface area contributed by atoms with Crippen molar-refractivity contribution in [3.05, 3.63) is 95.4 Å². The minimum absolute atomic E-state index is 0.160. The van der Waals surface area contributed by atoms with Crippen LogP contribution in [0.25, 0.3) is 33.1 Å². The predicted molar refractivity (Wildman–Crippen MR) is 125 cm³/mol. The summed E-state index contributed by atoms with van der Waals surface area (Å²) in [7, 11) is 0. The SMILES string of the molecule is Cc1cc(-c2ccc(/C=N/NC(=O)c3cc4c(ccc5ccccc54)o3)o2)ccc1C(=O)O. The largest absolute Gasteiger partial charge is 0.478 e. The summed E-state index contributed by atoms with van der Waals surface area (Å²) in [4.78, 5) is 23.7. The van der Waals surface area contributed by atoms with Crippen molar-refractivity contribution in [2.75, 3.05) is 0 Å². The van der Waals surface area contributed by atoms with Crippen LogP contribution < -0.4 is 5.43 Å². The molecule has 1 amide bonds. The number of benzene rings is 3. The van der Waals surface area contributed by atoms with Crippen molar-refractivity contribution >= 4 is 39.8 Å². The topological polar surface area (TPSA) is 105 Å². The highest BCUT2D eigenvalue weighted by atomic mass is 16.4. The number of hydrogen-bond acceptors (Lipinski definition) is 5. The summed E-state index contributed by atoms with van der Waals surface area (Å²) in [5.74, 6) is -0.293. The third kappa shape index (κ3) is 3.87. The Balaban J connectivity index is 1.31. The lowest BCUT2D eigenvalue weighted by atomic mass is 10.0. The van der Waals surface area contributed by atoms with Crippen molar-refractivity contribution in [1.29, 1.82) is 0 Å². The van der Waals surface area contributed by atoms with Gasteiger partial charge in [-0.25, -0.2) is 10.2 Å². The maximum absolute atomic E-state index is 12.5. The van der Waals surface area contributed by atoms with Gasteiger partial charge in [0.1, 0.15) is 17.1 Å². The van der Waals surface area contributed by atoms with Crippen LogP contribution >= 0.6 is 0 Å². The smallest absolute Gasteiger partial charge is 0.335 e. The number of amides is 1. The van der Waals surface area contributed by atoms with Gasteiger partial charge in [-0.1, -0.05) is 36.4 Å². The predicted octanol–water partition coefficient (Wildman–Crippen LogP) is 5.62. The second kappa shape index (κ2) is 8.12. The highest BCUT2D eigenvalue weighted by Crippen LogP contribution is 2.28. The fourth-order valence-corrected chi connectivity index (χ4v) is 3.75. The summed E-state index contributed by atoms with van der Waals surface area (Å²) >= 11 is 0. The molecule has 7 heteroatoms. The van der Waals surface area contributed by atoms with Gasteiger partial charge in [0.2, 0.25) is 0 Å². The maximum atomic E-state index is 12.5. The van der Waals surface area contributed by atoms with Crippen LogP contribution in [-0.4, -0.2) is 23.2 Å². The second-order valence-corrected chi connectivity index (χ2v) is 7.55. The third-order valence-electron chi connectivity index (χ3n) is 5.38. The van der Waals surface area contributed by atoms with Gasteiger partial charge in [-0.15, -0.1) is 0 Å². The second-order valence-electron chi connectivity index (χ2n) is 7.55. The molecule has 0 spiro atoms. The zero-order chi connectivity index (χ0) is 22.9. The molecule has 33 heavy (non-hydrogen) atoms. The van der Waals surface area contributed by atoms with E-state index in [1.54, 1.807) is 43.3 Å². The first-order valence-electron chi connectivity index (χ1n) is 10.2. The summed E-state index contributed by atoms with van der Waals surface area (Å²) in [5.41, 5.74) is 4.70. The Morgan fingerprint density at radius 1 is 0.939 bits per heavy atom. The Kier molecular flexibility index (Phi) is 4.99. The number of furan rings is 2. The zero-order valence-electron chi connectivity index (χ0n) is 17.5. The van der Waals surface area contributed by atoms with Gasteiger partial charge in [0.25, 0.3) is 0 Å². The summed E-state index contributed by atoms with van der Waals surface area (Å²) in [6, 6.07) is 21.8. The molecule has 0 saturated carbocycles. The van der Waals surface area contributed by atoms with Crippen molar-refractivity contribution in [2.45, 2.75) is 6.92 Å². The van der Waals surface area contributed by atoms with E-state index in [1.165, 1.54) is 6.21 Å². The molecule has 3 aromatic carbocycles. The minimum Gasteiger partial charge on any atom is -0.478 e. The van der Waals surface area contributed by atoms with Crippen molar-refractivity contribution in [2.24, 2.45) is 5.10 Å². The molecular formula is C26H18N2O5. The summed E-state index contributed by atoms with van der Waals surface area (Å²) in [5, 5.41) is 16.1. The van der Waals surface area contributed by atoms with E-state index in [4.69, 9.17) is 13.9 Å². The standard InChI is InChI=1S/C26H18N2O5/c1-15-12-17(6-9-19(15)26(30)31)22-11-8-18(32-22)14-27-28-25(29)24-13-21-20-5-3-2-4-16(20)7-10-23(21)33-24/h2-14H,1H3,(H,28,29)(H,30,31)/b27-14+. The molecule has 0 atom stereocenters. The van der Waals surface area contributed by atoms with E-state index in [9.17, 15) is 9.59 Å². The highest BCUT2D eigenvalue weighted by molar-refractivity contribution is 6.08. The highest BCUT2D eigenvalue weighted by Gasteiger charge is 2.14. The molecule has 0 bridgehead atoms. The molecular weight excluding hydrogens is 420 g/mol. The quantitative estimate of drug-likeness (QED) is 0.274. The van der Waals surface area contributed by atoms with E-state index in [0.717, 1.165) is 21.7 Å². The van der Waals surface area contributed by atoms with Crippen LogP contribution in [0.2, 0.25) is 0 Å². The van der Waals surface area contributed by atoms with Crippen molar-refractivity contribution in [3.63, 3.8) is 0 Å². The Labute approximate surface area is 187 Å². The van der Waals surface area contributed by atoms with E-state index in [-0.39, 0.29) is 11.3 Å². The summed E-state index contributed by atoms with van der Waals surface area (Å²) in [6.07, 6.45) is 1.39. The molecule has 0 aliphatic rings. The van der Waals surface area contributed by atoms with Crippen LogP contribution in [0.15, 0.2) is 86.7 Å². The lowest BCUT2D eigenvalue weighted by molar-refractivity contribution is 0.0696. The monoisotopic (exact) mass is 438 g/mol. The van der Waals surface area contributed by atoms with Crippen molar-refractivity contribution in [1.82, 2.24) is 5.43 Å². The fourth-order valence-electron chi connectivity index (χ4n) is 3.75. The van der Waals surface area contributed by atoms with Gasteiger partial charge in [-0.2, -0.15) is 5.10 Å². The Hall–Kier alpha value is -4.65. The average molecular weight is 438 g/mol. The van der Waals surface area contributed by atoms with E-state index in [2.05, 4.69) is 10.5 Å². The average Bonchev–Trinajstić information content (AvgIpc) is 3.46. The van der Waals surface area contributed by atoms with Crippen LogP contribution in [0.5, 0.6) is 0 Å². The first kappa shape index (κ1) is 20.3. The van der Waals surface area contributed by atoms with E-state index in [1.807, 2.05) is 36.4 Å². The number of carbonyl (C=O) groups excluding carboxylic acids is 1. The molecule has 2 N–H and O–H groups in total. The molecule has 2 aromatic heterocycles. The number of aromatic carboxylic acids is 1. The van der Waals surface area contributed by atoms with Crippen molar-refractivity contribution < 1.29 is 23.5 Å². The molecule has 0 radical (unpaired) electrons. The number of rotatable bonds is 5. The number of aryl methyl sites for hydroxylation is 1. The number of fused-ring (bicyclic) bond motifs is 3. The molecule has 5 rings (SSSR count). The van der Waals surface area contributed by atoms with Gasteiger partial charge in [-0.3, -0.25) is 4.79 Å². The molecule has 0 fully saturated rings. The van der Waals surface area contributed by atoms with Crippen LogP contribution in [0, 0.1) is 6.92 Å². The molecule has 162 valence electrons. The molecule has 0 saturated heterocycles. The number of carboxylic acids is 1. The number of nitrogens with one attached hydrogen (secondary N) is 1. The van der Waals surface area contributed by atoms with Crippen LogP contribution in [0.3, 0.4) is 0 Å². The van der Waals surface area contributed by atoms with Gasteiger partial charge in [-0.05, 0) is 59.7 Å². The molecule has 0 aliphatic heterocycles. The van der Waals surface area contributed by atoms with Crippen molar-refractivity contribution in [3.8, 4) is 11.3 Å². The molecule has 0 aliphatic carbocycles. The Bertz CT molecular complexity index is 1560. The summed E-state index contributed by atoms with van der Waals surface area (Å²) < 4.78 is 11.4. The number of carboxylic acid groups (broad SMARTS) is 1. The van der Waals surface area contributed by atoms with E-state index < -0.39 is 11.9 Å². The number of hydrazone groups is 1. The number of carbonyl (C=O) groups is 2. The zero-order valence-corrected chi connectivity index (χ0v) is 17.5. The maximum Gasteiger partial charge on any atom is 0.335 e. The third-order valence-corrected chi connectivity index (χ3v) is 5.38. The fraction of sp³-hybridized carbons (Fsp3) is 0.0385. The molecule has 2 heterocycles. The van der Waals surface area contributed by atoms with E-state index >= 15 is 0 Å².